The van der Waals surface area contributed by atoms with E-state index in [1.165, 1.54) is 35.2 Å². The Morgan fingerprint density at radius 3 is 2.08 bits per heavy atom. The number of hydrogen-bond donors (Lipinski definition) is 0. The quantitative estimate of drug-likeness (QED) is 0.287. The van der Waals surface area contributed by atoms with Crippen LogP contribution in [0.1, 0.15) is 59.2 Å². The largest absolute Gasteiger partial charge is 0.367 e. The smallest absolute Gasteiger partial charge is 0.162 e. The molecule has 0 amide bonds. The topological polar surface area (TPSA) is 23.6 Å². The van der Waals surface area contributed by atoms with Crippen LogP contribution in [0.5, 0.6) is 0 Å². The third kappa shape index (κ3) is 7.35. The fourth-order valence-electron chi connectivity index (χ4n) is 5.57. The van der Waals surface area contributed by atoms with Gasteiger partial charge in [0.15, 0.2) is 5.78 Å². The van der Waals surface area contributed by atoms with E-state index < -0.39 is 0 Å². The number of rotatable bonds is 8. The fraction of sp³-hybridized carbons (Fsp3) is 0.387. The highest BCUT2D eigenvalue weighted by atomic mass is 35.5. The van der Waals surface area contributed by atoms with E-state index in [2.05, 4.69) is 88.7 Å². The molecule has 192 valence electrons. The first-order valence-electron chi connectivity index (χ1n) is 13.0. The molecule has 0 radical (unpaired) electrons. The van der Waals surface area contributed by atoms with Crippen LogP contribution in [-0.2, 0) is 19.5 Å². The molecule has 36 heavy (non-hydrogen) atoms. The summed E-state index contributed by atoms with van der Waals surface area (Å²) in [5.41, 5.74) is 6.28. The van der Waals surface area contributed by atoms with E-state index in [-0.39, 0.29) is 24.8 Å². The first kappa shape index (κ1) is 28.2. The maximum Gasteiger partial charge on any atom is 0.162 e. The van der Waals surface area contributed by atoms with Crippen LogP contribution < -0.4 is 4.90 Å². The summed E-state index contributed by atoms with van der Waals surface area (Å²) in [5.74, 6) is 0.990. The Bertz CT molecular complexity index is 1080. The minimum Gasteiger partial charge on any atom is -0.367 e. The Morgan fingerprint density at radius 1 is 0.778 bits per heavy atom. The lowest BCUT2D eigenvalue weighted by molar-refractivity contribution is 0.0961. The van der Waals surface area contributed by atoms with Gasteiger partial charge in [-0.3, -0.25) is 9.69 Å². The molecular formula is C31H38Cl2N2O. The summed E-state index contributed by atoms with van der Waals surface area (Å²) in [5, 5.41) is 0. The highest BCUT2D eigenvalue weighted by Gasteiger charge is 2.22. The molecule has 0 unspecified atom stereocenters. The van der Waals surface area contributed by atoms with Gasteiger partial charge in [-0.1, -0.05) is 60.7 Å². The van der Waals surface area contributed by atoms with Crippen LogP contribution >= 0.6 is 24.8 Å². The second-order valence-corrected chi connectivity index (χ2v) is 10.0. The third-order valence-corrected chi connectivity index (χ3v) is 7.57. The molecule has 0 aromatic heterocycles. The zero-order chi connectivity index (χ0) is 23.2. The van der Waals surface area contributed by atoms with Crippen molar-refractivity contribution in [2.24, 2.45) is 5.92 Å². The van der Waals surface area contributed by atoms with Gasteiger partial charge in [0, 0.05) is 37.3 Å². The van der Waals surface area contributed by atoms with Crippen molar-refractivity contribution in [2.75, 3.05) is 24.5 Å². The van der Waals surface area contributed by atoms with Crippen LogP contribution in [0.15, 0.2) is 78.9 Å². The van der Waals surface area contributed by atoms with Crippen molar-refractivity contribution < 1.29 is 4.79 Å². The van der Waals surface area contributed by atoms with Crippen molar-refractivity contribution in [1.82, 2.24) is 4.90 Å². The monoisotopic (exact) mass is 524 g/mol. The highest BCUT2D eigenvalue weighted by molar-refractivity contribution is 5.96. The average Bonchev–Trinajstić information content (AvgIpc) is 2.89. The summed E-state index contributed by atoms with van der Waals surface area (Å²) in [4.78, 5) is 18.0. The first-order chi connectivity index (χ1) is 16.7. The number of ketones is 1. The van der Waals surface area contributed by atoms with Crippen LogP contribution in [0.25, 0.3) is 0 Å². The molecule has 0 saturated carbocycles. The van der Waals surface area contributed by atoms with Gasteiger partial charge in [0.1, 0.15) is 0 Å². The lowest BCUT2D eigenvalue weighted by Crippen LogP contribution is -2.33. The van der Waals surface area contributed by atoms with Crippen molar-refractivity contribution in [3.8, 4) is 0 Å². The van der Waals surface area contributed by atoms with Crippen molar-refractivity contribution in [3.63, 3.8) is 0 Å². The molecule has 3 nitrogen and oxygen atoms in total. The Labute approximate surface area is 228 Å². The van der Waals surface area contributed by atoms with Crippen molar-refractivity contribution in [3.05, 3.63) is 101 Å². The van der Waals surface area contributed by atoms with Crippen molar-refractivity contribution in [2.45, 2.75) is 51.6 Å². The first-order valence-corrected chi connectivity index (χ1v) is 13.0. The summed E-state index contributed by atoms with van der Waals surface area (Å²) in [6, 6.07) is 27.8. The number of carbonyl (C=O) groups is 1. The number of hydrogen-bond acceptors (Lipinski definition) is 3. The molecule has 5 rings (SSSR count). The number of halogens is 2. The minimum atomic E-state index is 0. The maximum absolute atomic E-state index is 13.0. The van der Waals surface area contributed by atoms with E-state index in [0.29, 0.717) is 18.1 Å². The van der Waals surface area contributed by atoms with Crippen LogP contribution in [0.3, 0.4) is 0 Å². The van der Waals surface area contributed by atoms with Gasteiger partial charge >= 0.3 is 0 Å². The van der Waals surface area contributed by atoms with E-state index in [0.717, 1.165) is 57.5 Å². The average molecular weight is 526 g/mol. The van der Waals surface area contributed by atoms with Gasteiger partial charge in [0.2, 0.25) is 0 Å². The van der Waals surface area contributed by atoms with E-state index in [9.17, 15) is 4.79 Å². The van der Waals surface area contributed by atoms with E-state index in [1.807, 2.05) is 0 Å². The lowest BCUT2D eigenvalue weighted by Gasteiger charge is -2.32. The normalized spacial score (nSPS) is 15.9. The molecule has 0 bridgehead atoms. The van der Waals surface area contributed by atoms with Gasteiger partial charge in [-0.05, 0) is 86.0 Å². The second kappa shape index (κ2) is 13.8. The predicted octanol–water partition coefficient (Wildman–Crippen LogP) is 7.36. The number of likely N-dealkylation sites (tertiary alicyclic amines) is 1. The standard InChI is InChI=1S/C31H36N2O.2ClH/c34-31(16-13-25-17-20-32(21-18-25)23-26-8-3-1-4-9-26)29-14-15-30-28(22-29)12-7-19-33(30)24-27-10-5-2-6-11-27;;/h1-6,8-11,14-15,22,25H,7,12-13,16-21,23-24H2;2*1H. The van der Waals surface area contributed by atoms with Crippen LogP contribution in [0.4, 0.5) is 5.69 Å². The molecule has 2 heterocycles. The Hall–Kier alpha value is -2.33. The summed E-state index contributed by atoms with van der Waals surface area (Å²) in [6.45, 7) is 5.35. The summed E-state index contributed by atoms with van der Waals surface area (Å²) >= 11 is 0. The minimum absolute atomic E-state index is 0. The second-order valence-electron chi connectivity index (χ2n) is 10.0. The number of benzene rings is 3. The fourth-order valence-corrected chi connectivity index (χ4v) is 5.57. The number of piperidine rings is 1. The van der Waals surface area contributed by atoms with Crippen LogP contribution in [0.2, 0.25) is 0 Å². The molecule has 3 aromatic rings. The zero-order valence-electron chi connectivity index (χ0n) is 21.0. The molecule has 2 aliphatic rings. The maximum atomic E-state index is 13.0. The summed E-state index contributed by atoms with van der Waals surface area (Å²) in [7, 11) is 0. The molecule has 1 fully saturated rings. The third-order valence-electron chi connectivity index (χ3n) is 7.57. The van der Waals surface area contributed by atoms with Crippen molar-refractivity contribution in [1.29, 1.82) is 0 Å². The zero-order valence-corrected chi connectivity index (χ0v) is 22.6. The molecule has 5 heteroatoms. The van der Waals surface area contributed by atoms with Gasteiger partial charge in [0.05, 0.1) is 0 Å². The number of nitrogens with zero attached hydrogens (tertiary/aromatic N) is 2. The van der Waals surface area contributed by atoms with Gasteiger partial charge in [0.25, 0.3) is 0 Å². The molecule has 0 N–H and O–H groups in total. The number of anilines is 1. The molecule has 1 saturated heterocycles. The SMILES string of the molecule is Cl.Cl.O=C(CCC1CCN(Cc2ccccc2)CC1)c1ccc2c(c1)CCCN2Cc1ccccc1. The molecule has 0 aliphatic carbocycles. The molecular weight excluding hydrogens is 487 g/mol. The Kier molecular flexibility index (Phi) is 10.9. The molecule has 2 aliphatic heterocycles. The summed E-state index contributed by atoms with van der Waals surface area (Å²) in [6.07, 6.45) is 6.34. The highest BCUT2D eigenvalue weighted by Crippen LogP contribution is 2.30. The Balaban J connectivity index is 0.00000180. The van der Waals surface area contributed by atoms with Gasteiger partial charge < -0.3 is 4.90 Å². The predicted molar refractivity (Wildman–Crippen MR) is 155 cm³/mol. The molecule has 0 atom stereocenters. The van der Waals surface area contributed by atoms with Gasteiger partial charge in [-0.15, -0.1) is 24.8 Å². The summed E-state index contributed by atoms with van der Waals surface area (Å²) < 4.78 is 0. The van der Waals surface area contributed by atoms with Crippen molar-refractivity contribution >= 4 is 36.3 Å². The van der Waals surface area contributed by atoms with Crippen LogP contribution in [-0.4, -0.2) is 30.3 Å². The number of aryl methyl sites for hydroxylation is 1. The lowest BCUT2D eigenvalue weighted by atomic mass is 9.89. The molecule has 3 aromatic carbocycles. The number of carbonyl (C=O) groups excluding carboxylic acids is 1. The van der Waals surface area contributed by atoms with Gasteiger partial charge in [-0.2, -0.15) is 0 Å². The van der Waals surface area contributed by atoms with E-state index in [4.69, 9.17) is 0 Å². The Morgan fingerprint density at radius 2 is 1.42 bits per heavy atom. The number of Topliss-reactive ketones (excluding diaryl/α,β-unsaturated/α-hetero) is 1. The van der Waals surface area contributed by atoms with Crippen LogP contribution in [0, 0.1) is 5.92 Å². The molecule has 0 spiro atoms. The number of fused-ring (bicyclic) bond motifs is 1. The van der Waals surface area contributed by atoms with E-state index in [1.54, 1.807) is 0 Å². The van der Waals surface area contributed by atoms with E-state index >= 15 is 0 Å². The van der Waals surface area contributed by atoms with Gasteiger partial charge in [-0.25, -0.2) is 0 Å².